The highest BCUT2D eigenvalue weighted by molar-refractivity contribution is 5.79. The van der Waals surface area contributed by atoms with Crippen LogP contribution in [0.4, 0.5) is 10.5 Å². The number of hydrogen-bond acceptors (Lipinski definition) is 7. The van der Waals surface area contributed by atoms with Crippen LogP contribution in [0.3, 0.4) is 0 Å². The Bertz CT molecular complexity index is 1210. The number of carbonyl (C=O) groups excluding carboxylic acids is 2. The van der Waals surface area contributed by atoms with Crippen molar-refractivity contribution in [1.82, 2.24) is 5.32 Å². The van der Waals surface area contributed by atoms with E-state index >= 15 is 0 Å². The smallest absolute Gasteiger partial charge is 0.425 e. The Morgan fingerprint density at radius 3 is 2.21 bits per heavy atom. The van der Waals surface area contributed by atoms with Gasteiger partial charge in [-0.05, 0) is 67.2 Å². The molecule has 34 heavy (non-hydrogen) atoms. The predicted molar refractivity (Wildman–Crippen MR) is 126 cm³/mol. The molecule has 0 bridgehead atoms. The highest BCUT2D eigenvalue weighted by atomic mass is 16.8. The van der Waals surface area contributed by atoms with Gasteiger partial charge in [0.25, 0.3) is 0 Å². The van der Waals surface area contributed by atoms with E-state index in [2.05, 4.69) is 5.32 Å². The van der Waals surface area contributed by atoms with Gasteiger partial charge in [0.1, 0.15) is 23.4 Å². The van der Waals surface area contributed by atoms with Gasteiger partial charge in [-0.2, -0.15) is 5.06 Å². The van der Waals surface area contributed by atoms with Crippen LogP contribution in [0.25, 0.3) is 0 Å². The molecular weight excluding hydrogens is 432 g/mol. The fourth-order valence-electron chi connectivity index (χ4n) is 4.19. The first kappa shape index (κ1) is 21.6. The summed E-state index contributed by atoms with van der Waals surface area (Å²) >= 11 is 0. The zero-order chi connectivity index (χ0) is 23.3. The largest absolute Gasteiger partial charge is 0.539 e. The van der Waals surface area contributed by atoms with Gasteiger partial charge in [-0.3, -0.25) is 4.84 Å². The van der Waals surface area contributed by atoms with Crippen molar-refractivity contribution in [3.05, 3.63) is 102 Å². The van der Waals surface area contributed by atoms with Crippen molar-refractivity contribution in [3.63, 3.8) is 0 Å². The molecule has 0 radical (unpaired) electrons. The Hall–Kier alpha value is -4.26. The third-order valence-corrected chi connectivity index (χ3v) is 5.79. The molecule has 0 aromatic heterocycles. The van der Waals surface area contributed by atoms with E-state index in [0.29, 0.717) is 30.2 Å². The first-order valence-electron chi connectivity index (χ1n) is 11.3. The van der Waals surface area contributed by atoms with Gasteiger partial charge in [-0.1, -0.05) is 54.6 Å². The maximum Gasteiger partial charge on any atom is 0.539 e. The van der Waals surface area contributed by atoms with E-state index in [0.717, 1.165) is 29.7 Å². The van der Waals surface area contributed by atoms with Crippen molar-refractivity contribution in [1.29, 1.82) is 0 Å². The van der Waals surface area contributed by atoms with Crippen LogP contribution in [0.2, 0.25) is 0 Å². The maximum atomic E-state index is 13.0. The van der Waals surface area contributed by atoms with Crippen molar-refractivity contribution in [2.45, 2.75) is 31.7 Å². The zero-order valence-corrected chi connectivity index (χ0v) is 18.5. The molecule has 0 spiro atoms. The van der Waals surface area contributed by atoms with Gasteiger partial charge in [0.05, 0.1) is 5.69 Å². The van der Waals surface area contributed by atoms with Crippen LogP contribution in [-0.4, -0.2) is 18.2 Å². The zero-order valence-electron chi connectivity index (χ0n) is 18.5. The number of nitrogens with zero attached hydrogens (tertiary/aromatic N) is 1. The molecule has 0 amide bonds. The summed E-state index contributed by atoms with van der Waals surface area (Å²) in [6.07, 6.45) is 1.98. The Kier molecular flexibility index (Phi) is 6.16. The van der Waals surface area contributed by atoms with E-state index in [9.17, 15) is 9.59 Å². The number of allylic oxidation sites excluding steroid dienone is 1. The molecule has 2 aliphatic heterocycles. The minimum atomic E-state index is -0.871. The second kappa shape index (κ2) is 9.70. The first-order valence-corrected chi connectivity index (χ1v) is 11.3. The van der Waals surface area contributed by atoms with Crippen LogP contribution in [0, 0.1) is 0 Å². The van der Waals surface area contributed by atoms with Crippen LogP contribution in [-0.2, 0) is 16.1 Å². The van der Waals surface area contributed by atoms with Crippen LogP contribution in [0.5, 0.6) is 11.5 Å². The van der Waals surface area contributed by atoms with E-state index in [1.165, 1.54) is 5.06 Å². The van der Waals surface area contributed by atoms with Crippen LogP contribution >= 0.6 is 0 Å². The van der Waals surface area contributed by atoms with Crippen molar-refractivity contribution >= 4 is 17.8 Å². The summed E-state index contributed by atoms with van der Waals surface area (Å²) in [5, 5.41) is 4.73. The van der Waals surface area contributed by atoms with E-state index in [1.54, 1.807) is 36.4 Å². The van der Waals surface area contributed by atoms with Gasteiger partial charge in [-0.25, -0.2) is 9.59 Å². The fraction of sp³-hybridized carbons (Fsp3) is 0.185. The third kappa shape index (κ3) is 4.73. The summed E-state index contributed by atoms with van der Waals surface area (Å²) in [7, 11) is 0. The molecule has 0 saturated carbocycles. The van der Waals surface area contributed by atoms with Gasteiger partial charge in [-0.15, -0.1) is 0 Å². The number of hydrogen-bond donors (Lipinski definition) is 1. The van der Waals surface area contributed by atoms with Crippen LogP contribution < -0.4 is 19.9 Å². The molecule has 0 fully saturated rings. The molecule has 172 valence electrons. The minimum Gasteiger partial charge on any atom is -0.425 e. The maximum absolute atomic E-state index is 13.0. The molecule has 1 N–H and O–H groups in total. The second-order valence-electron chi connectivity index (χ2n) is 8.13. The molecule has 2 heterocycles. The number of anilines is 1. The molecule has 3 aromatic carbocycles. The molecule has 1 atom stereocenters. The minimum absolute atomic E-state index is 0.380. The number of rotatable bonds is 4. The van der Waals surface area contributed by atoms with Crippen LogP contribution in [0.1, 0.15) is 24.8 Å². The number of esters is 1. The summed E-state index contributed by atoms with van der Waals surface area (Å²) < 4.78 is 10.9. The van der Waals surface area contributed by atoms with Gasteiger partial charge >= 0.3 is 12.1 Å². The van der Waals surface area contributed by atoms with Gasteiger partial charge in [0.2, 0.25) is 0 Å². The summed E-state index contributed by atoms with van der Waals surface area (Å²) in [6, 6.07) is 24.8. The van der Waals surface area contributed by atoms with Crippen molar-refractivity contribution in [2.24, 2.45) is 0 Å². The van der Waals surface area contributed by atoms with E-state index in [4.69, 9.17) is 14.3 Å². The third-order valence-electron chi connectivity index (χ3n) is 5.79. The number of nitrogens with one attached hydrogen (secondary N) is 1. The number of hydroxylamine groups is 1. The molecule has 0 aliphatic carbocycles. The first-order chi connectivity index (χ1) is 16.7. The number of para-hydroxylation sites is 3. The van der Waals surface area contributed by atoms with Crippen molar-refractivity contribution in [3.8, 4) is 11.5 Å². The Morgan fingerprint density at radius 1 is 0.824 bits per heavy atom. The molecule has 7 heteroatoms. The number of benzene rings is 3. The molecule has 3 aromatic rings. The summed E-state index contributed by atoms with van der Waals surface area (Å²) in [6.45, 7) is 0. The lowest BCUT2D eigenvalue weighted by Crippen LogP contribution is -2.45. The topological polar surface area (TPSA) is 77.1 Å². The molecule has 5 rings (SSSR count). The summed E-state index contributed by atoms with van der Waals surface area (Å²) in [5.41, 5.74) is 2.80. The second-order valence-corrected chi connectivity index (χ2v) is 8.13. The monoisotopic (exact) mass is 456 g/mol. The van der Waals surface area contributed by atoms with Crippen molar-refractivity contribution < 1.29 is 23.9 Å². The molecule has 7 nitrogen and oxygen atoms in total. The number of carbonyl (C=O) groups is 2. The lowest BCUT2D eigenvalue weighted by Gasteiger charge is -2.33. The van der Waals surface area contributed by atoms with Crippen LogP contribution in [0.15, 0.2) is 96.3 Å². The predicted octanol–water partition coefficient (Wildman–Crippen LogP) is 5.14. The van der Waals surface area contributed by atoms with Gasteiger partial charge in [0.15, 0.2) is 0 Å². The van der Waals surface area contributed by atoms with E-state index in [-0.39, 0.29) is 5.97 Å². The highest BCUT2D eigenvalue weighted by Crippen LogP contribution is 2.36. The Balaban J connectivity index is 1.39. The van der Waals surface area contributed by atoms with E-state index in [1.807, 2.05) is 48.5 Å². The van der Waals surface area contributed by atoms with E-state index < -0.39 is 12.2 Å². The lowest BCUT2D eigenvalue weighted by atomic mass is 9.96. The Labute approximate surface area is 197 Å². The highest BCUT2D eigenvalue weighted by Gasteiger charge is 2.34. The molecule has 0 saturated heterocycles. The molecule has 2 aliphatic rings. The van der Waals surface area contributed by atoms with Gasteiger partial charge < -0.3 is 14.8 Å². The Morgan fingerprint density at radius 2 is 1.47 bits per heavy atom. The normalized spacial score (nSPS) is 16.9. The standard InChI is InChI=1S/C27H24N2O5/c30-26(32-21-12-3-1-4-13-21)23-16-9-11-20-18-19-10-7-8-17-24(19)29(25(20)28-23)34-27(31)33-22-14-5-2-6-15-22/h1-8,10,12-15,17,23,28H,9,11,16,18H2. The SMILES string of the molecule is O=C(Oc1ccccc1)ON1C2=C(CCCC(C(=O)Oc3ccccc3)N2)Cc2ccccc21. The lowest BCUT2D eigenvalue weighted by molar-refractivity contribution is -0.136. The molecule has 1 unspecified atom stereocenters. The number of ether oxygens (including phenoxy) is 2. The summed E-state index contributed by atoms with van der Waals surface area (Å²) in [4.78, 5) is 31.3. The van der Waals surface area contributed by atoms with Crippen molar-refractivity contribution in [2.75, 3.05) is 5.06 Å². The molecular formula is C27H24N2O5. The van der Waals surface area contributed by atoms with Gasteiger partial charge in [0, 0.05) is 0 Å². The average Bonchev–Trinajstić information content (AvgIpc) is 3.08. The quantitative estimate of drug-likeness (QED) is 0.331. The average molecular weight is 456 g/mol. The number of fused-ring (bicyclic) bond motifs is 1. The fourth-order valence-corrected chi connectivity index (χ4v) is 4.19. The summed E-state index contributed by atoms with van der Waals surface area (Å²) in [5.74, 6) is 1.06.